The van der Waals surface area contributed by atoms with E-state index in [0.717, 1.165) is 56.8 Å². The van der Waals surface area contributed by atoms with Crippen LogP contribution in [-0.2, 0) is 6.54 Å². The van der Waals surface area contributed by atoms with Crippen molar-refractivity contribution in [1.82, 2.24) is 20.1 Å². The number of benzene rings is 2. The van der Waals surface area contributed by atoms with Crippen LogP contribution in [0, 0.1) is 11.6 Å². The minimum absolute atomic E-state index is 0.0479. The third kappa shape index (κ3) is 6.34. The first-order valence-electron chi connectivity index (χ1n) is 13.0. The summed E-state index contributed by atoms with van der Waals surface area (Å²) >= 11 is 0. The number of aromatic nitrogens is 1. The lowest BCUT2D eigenvalue weighted by Gasteiger charge is -2.34. The summed E-state index contributed by atoms with van der Waals surface area (Å²) in [5.41, 5.74) is 2.77. The number of nitrogens with zero attached hydrogens (tertiary/aromatic N) is 4. The molecule has 2 aromatic carbocycles. The van der Waals surface area contributed by atoms with E-state index in [1.54, 1.807) is 41.3 Å². The van der Waals surface area contributed by atoms with E-state index >= 15 is 0 Å². The second-order valence-electron chi connectivity index (χ2n) is 9.84. The van der Waals surface area contributed by atoms with Gasteiger partial charge in [0.25, 0.3) is 11.8 Å². The molecule has 0 atom stereocenters. The number of hydrogen-bond donors (Lipinski definition) is 1. The average Bonchev–Trinajstić information content (AvgIpc) is 2.95. The van der Waals surface area contributed by atoms with Crippen molar-refractivity contribution in [2.75, 3.05) is 44.2 Å². The van der Waals surface area contributed by atoms with Gasteiger partial charge in [0.1, 0.15) is 17.3 Å². The molecule has 1 aromatic heterocycles. The van der Waals surface area contributed by atoms with Gasteiger partial charge in [-0.2, -0.15) is 0 Å². The Kier molecular flexibility index (Phi) is 7.93. The summed E-state index contributed by atoms with van der Waals surface area (Å²) in [7, 11) is 0. The molecule has 2 aliphatic heterocycles. The van der Waals surface area contributed by atoms with Crippen LogP contribution in [0.1, 0.15) is 39.3 Å². The molecule has 3 aromatic rings. The number of carbonyl (C=O) groups excluding carboxylic acids is 2. The quantitative estimate of drug-likeness (QED) is 0.538. The highest BCUT2D eigenvalue weighted by atomic mass is 19.1. The molecule has 9 heteroatoms. The number of anilines is 1. The number of pyridine rings is 1. The van der Waals surface area contributed by atoms with E-state index in [4.69, 9.17) is 0 Å². The van der Waals surface area contributed by atoms with E-state index < -0.39 is 0 Å². The zero-order valence-corrected chi connectivity index (χ0v) is 21.2. The molecule has 0 aliphatic carbocycles. The summed E-state index contributed by atoms with van der Waals surface area (Å²) in [6.07, 6.45) is 3.04. The van der Waals surface area contributed by atoms with E-state index in [2.05, 4.69) is 20.1 Å². The molecule has 3 heterocycles. The predicted molar refractivity (Wildman–Crippen MR) is 141 cm³/mol. The third-order valence-corrected chi connectivity index (χ3v) is 7.25. The number of hydrogen-bond acceptors (Lipinski definition) is 5. The minimum atomic E-state index is -0.252. The van der Waals surface area contributed by atoms with Crippen molar-refractivity contribution in [2.45, 2.75) is 25.4 Å². The second-order valence-corrected chi connectivity index (χ2v) is 9.84. The highest BCUT2D eigenvalue weighted by Crippen LogP contribution is 2.20. The van der Waals surface area contributed by atoms with Gasteiger partial charge in [-0.25, -0.2) is 8.78 Å². The number of piperidine rings is 1. The maximum absolute atomic E-state index is 13.2. The Balaban J connectivity index is 1.08. The Morgan fingerprint density at radius 3 is 2.05 bits per heavy atom. The van der Waals surface area contributed by atoms with Crippen LogP contribution < -0.4 is 10.2 Å². The van der Waals surface area contributed by atoms with Gasteiger partial charge in [-0.15, -0.1) is 0 Å². The maximum Gasteiger partial charge on any atom is 0.272 e. The molecule has 2 fully saturated rings. The number of amides is 2. The molecule has 38 heavy (non-hydrogen) atoms. The summed E-state index contributed by atoms with van der Waals surface area (Å²) in [4.78, 5) is 36.2. The number of piperazine rings is 1. The first-order chi connectivity index (χ1) is 18.4. The number of halogens is 2. The molecule has 5 rings (SSSR count). The smallest absolute Gasteiger partial charge is 0.272 e. The fourth-order valence-electron chi connectivity index (χ4n) is 4.98. The molecule has 0 radical (unpaired) electrons. The number of nitrogens with one attached hydrogen (secondary N) is 1. The number of rotatable bonds is 6. The molecular formula is C29H31F2N5O2. The SMILES string of the molecule is O=C(NC1CCN(c2ccc(F)cc2)CC1)c1ccc(C(=O)N2CCN(Cc3ccc(F)cc3)CC2)nc1. The molecule has 0 unspecified atom stereocenters. The van der Waals surface area contributed by atoms with Gasteiger partial charge in [0.15, 0.2) is 0 Å². The fraction of sp³-hybridized carbons (Fsp3) is 0.345. The van der Waals surface area contributed by atoms with Crippen LogP contribution in [0.5, 0.6) is 0 Å². The van der Waals surface area contributed by atoms with Gasteiger partial charge in [0.05, 0.1) is 5.56 Å². The van der Waals surface area contributed by atoms with Crippen LogP contribution in [0.3, 0.4) is 0 Å². The van der Waals surface area contributed by atoms with Crippen LogP contribution in [0.15, 0.2) is 66.9 Å². The summed E-state index contributed by atoms with van der Waals surface area (Å²) in [5.74, 6) is -0.847. The van der Waals surface area contributed by atoms with Crippen molar-refractivity contribution in [3.05, 3.63) is 95.3 Å². The Labute approximate surface area is 221 Å². The lowest BCUT2D eigenvalue weighted by Crippen LogP contribution is -2.48. The van der Waals surface area contributed by atoms with E-state index in [9.17, 15) is 18.4 Å². The van der Waals surface area contributed by atoms with E-state index in [1.807, 2.05) is 0 Å². The van der Waals surface area contributed by atoms with Crippen molar-refractivity contribution in [2.24, 2.45) is 0 Å². The Bertz CT molecular complexity index is 1240. The summed E-state index contributed by atoms with van der Waals surface area (Å²) in [5, 5.41) is 3.07. The Hall–Kier alpha value is -3.85. The Morgan fingerprint density at radius 1 is 0.816 bits per heavy atom. The molecule has 2 saturated heterocycles. The summed E-state index contributed by atoms with van der Waals surface area (Å²) in [6, 6.07) is 16.3. The summed E-state index contributed by atoms with van der Waals surface area (Å²) < 4.78 is 26.3. The predicted octanol–water partition coefficient (Wildman–Crippen LogP) is 3.72. The largest absolute Gasteiger partial charge is 0.371 e. The highest BCUT2D eigenvalue weighted by Gasteiger charge is 2.24. The molecular weight excluding hydrogens is 488 g/mol. The normalized spacial score (nSPS) is 16.9. The van der Waals surface area contributed by atoms with Gasteiger partial charge in [0, 0.05) is 63.7 Å². The van der Waals surface area contributed by atoms with Gasteiger partial charge in [-0.3, -0.25) is 19.5 Å². The van der Waals surface area contributed by atoms with Crippen LogP contribution in [0.4, 0.5) is 14.5 Å². The van der Waals surface area contributed by atoms with Crippen molar-refractivity contribution >= 4 is 17.5 Å². The first kappa shape index (κ1) is 25.8. The molecule has 7 nitrogen and oxygen atoms in total. The monoisotopic (exact) mass is 519 g/mol. The zero-order chi connectivity index (χ0) is 26.5. The third-order valence-electron chi connectivity index (χ3n) is 7.25. The van der Waals surface area contributed by atoms with Gasteiger partial charge < -0.3 is 15.1 Å². The van der Waals surface area contributed by atoms with Crippen molar-refractivity contribution < 1.29 is 18.4 Å². The highest BCUT2D eigenvalue weighted by molar-refractivity contribution is 5.96. The zero-order valence-electron chi connectivity index (χ0n) is 21.2. The molecule has 2 aliphatic rings. The van der Waals surface area contributed by atoms with E-state index in [1.165, 1.54) is 30.5 Å². The van der Waals surface area contributed by atoms with Gasteiger partial charge in [-0.05, 0) is 66.9 Å². The first-order valence-corrected chi connectivity index (χ1v) is 13.0. The van der Waals surface area contributed by atoms with Crippen molar-refractivity contribution in [3.63, 3.8) is 0 Å². The molecule has 0 saturated carbocycles. The fourth-order valence-corrected chi connectivity index (χ4v) is 4.98. The molecule has 198 valence electrons. The number of carbonyl (C=O) groups is 2. The second kappa shape index (κ2) is 11.7. The maximum atomic E-state index is 13.2. The van der Waals surface area contributed by atoms with E-state index in [-0.39, 0.29) is 29.5 Å². The van der Waals surface area contributed by atoms with E-state index in [0.29, 0.717) is 24.3 Å². The van der Waals surface area contributed by atoms with Crippen LogP contribution in [0.25, 0.3) is 0 Å². The van der Waals surface area contributed by atoms with Crippen molar-refractivity contribution in [3.8, 4) is 0 Å². The van der Waals surface area contributed by atoms with Crippen LogP contribution >= 0.6 is 0 Å². The average molecular weight is 520 g/mol. The van der Waals surface area contributed by atoms with Gasteiger partial charge >= 0.3 is 0 Å². The van der Waals surface area contributed by atoms with Crippen LogP contribution in [-0.4, -0.2) is 71.9 Å². The lowest BCUT2D eigenvalue weighted by atomic mass is 10.0. The molecule has 2 amide bonds. The molecule has 0 bridgehead atoms. The van der Waals surface area contributed by atoms with Gasteiger partial charge in [0.2, 0.25) is 0 Å². The minimum Gasteiger partial charge on any atom is -0.371 e. The van der Waals surface area contributed by atoms with Gasteiger partial charge in [-0.1, -0.05) is 12.1 Å². The lowest BCUT2D eigenvalue weighted by molar-refractivity contribution is 0.0622. The Morgan fingerprint density at radius 2 is 1.45 bits per heavy atom. The molecule has 0 spiro atoms. The molecule has 1 N–H and O–H groups in total. The summed E-state index contributed by atoms with van der Waals surface area (Å²) in [6.45, 7) is 4.89. The van der Waals surface area contributed by atoms with Crippen molar-refractivity contribution in [1.29, 1.82) is 0 Å². The topological polar surface area (TPSA) is 68.8 Å². The van der Waals surface area contributed by atoms with Crippen LogP contribution in [0.2, 0.25) is 0 Å². The standard InChI is InChI=1S/C29H31F2N5O2/c30-23-4-1-21(2-5-23)20-34-15-17-36(18-16-34)29(38)27-10-3-22(19-32-27)28(37)33-25-11-13-35(14-12-25)26-8-6-24(31)7-9-26/h1-10,19,25H,11-18,20H2,(H,33,37).